The van der Waals surface area contributed by atoms with Gasteiger partial charge < -0.3 is 15.4 Å². The van der Waals surface area contributed by atoms with Crippen molar-refractivity contribution in [3.05, 3.63) is 89.5 Å². The van der Waals surface area contributed by atoms with Crippen LogP contribution in [0.1, 0.15) is 34.8 Å². The first-order valence-electron chi connectivity index (χ1n) is 9.54. The average Bonchev–Trinajstić information content (AvgIpc) is 2.75. The second-order valence-corrected chi connectivity index (χ2v) is 6.68. The van der Waals surface area contributed by atoms with Crippen molar-refractivity contribution in [2.75, 3.05) is 10.6 Å². The zero-order chi connectivity index (χ0) is 20.6. The van der Waals surface area contributed by atoms with Gasteiger partial charge in [-0.25, -0.2) is 0 Å². The maximum Gasteiger partial charge on any atom is 0.255 e. The topological polar surface area (TPSA) is 67.4 Å². The fourth-order valence-corrected chi connectivity index (χ4v) is 2.72. The van der Waals surface area contributed by atoms with E-state index in [4.69, 9.17) is 4.74 Å². The molecule has 0 fully saturated rings. The summed E-state index contributed by atoms with van der Waals surface area (Å²) in [7, 11) is 0. The lowest BCUT2D eigenvalue weighted by atomic mass is 10.1. The summed E-state index contributed by atoms with van der Waals surface area (Å²) in [4.78, 5) is 24.2. The summed E-state index contributed by atoms with van der Waals surface area (Å²) in [6.45, 7) is 4.18. The highest BCUT2D eigenvalue weighted by molar-refractivity contribution is 6.04. The van der Waals surface area contributed by atoms with Crippen LogP contribution in [-0.4, -0.2) is 11.8 Å². The number of anilines is 2. The first-order valence-corrected chi connectivity index (χ1v) is 9.54. The fourth-order valence-electron chi connectivity index (χ4n) is 2.72. The Labute approximate surface area is 170 Å². The molecule has 5 nitrogen and oxygen atoms in total. The van der Waals surface area contributed by atoms with Gasteiger partial charge in [0.2, 0.25) is 5.91 Å². The summed E-state index contributed by atoms with van der Waals surface area (Å²) in [6.07, 6.45) is 0.398. The second kappa shape index (κ2) is 9.55. The Hall–Kier alpha value is -3.60. The molecule has 5 heteroatoms. The van der Waals surface area contributed by atoms with Crippen molar-refractivity contribution >= 4 is 23.2 Å². The van der Waals surface area contributed by atoms with Crippen LogP contribution in [0.5, 0.6) is 5.75 Å². The summed E-state index contributed by atoms with van der Waals surface area (Å²) in [5.74, 6) is 0.407. The van der Waals surface area contributed by atoms with E-state index in [9.17, 15) is 9.59 Å². The predicted molar refractivity (Wildman–Crippen MR) is 115 cm³/mol. The van der Waals surface area contributed by atoms with Crippen LogP contribution in [0.15, 0.2) is 72.8 Å². The Kier molecular flexibility index (Phi) is 6.63. The molecule has 29 heavy (non-hydrogen) atoms. The molecule has 3 aromatic rings. The van der Waals surface area contributed by atoms with Gasteiger partial charge in [0, 0.05) is 23.4 Å². The highest BCUT2D eigenvalue weighted by Crippen LogP contribution is 2.22. The Bertz CT molecular complexity index is 983. The smallest absolute Gasteiger partial charge is 0.255 e. The minimum atomic E-state index is -0.226. The maximum absolute atomic E-state index is 12.5. The Morgan fingerprint density at radius 2 is 1.62 bits per heavy atom. The summed E-state index contributed by atoms with van der Waals surface area (Å²) < 4.78 is 5.75. The third-order valence-corrected chi connectivity index (χ3v) is 4.46. The van der Waals surface area contributed by atoms with E-state index in [0.29, 0.717) is 35.7 Å². The van der Waals surface area contributed by atoms with E-state index in [0.717, 1.165) is 11.1 Å². The van der Waals surface area contributed by atoms with Crippen molar-refractivity contribution in [2.45, 2.75) is 26.9 Å². The lowest BCUT2D eigenvalue weighted by Gasteiger charge is -2.11. The molecule has 0 saturated carbocycles. The quantitative estimate of drug-likeness (QED) is 0.586. The van der Waals surface area contributed by atoms with Gasteiger partial charge in [-0.1, -0.05) is 43.3 Å². The van der Waals surface area contributed by atoms with Gasteiger partial charge in [0.1, 0.15) is 12.4 Å². The molecule has 0 heterocycles. The number of nitrogens with one attached hydrogen (secondary N) is 2. The number of rotatable bonds is 7. The number of amides is 2. The SMILES string of the molecule is CCC(=O)Nc1cc(NC(=O)c2ccc(OCc3ccccc3)cc2)ccc1C. The zero-order valence-corrected chi connectivity index (χ0v) is 16.6. The molecular weight excluding hydrogens is 364 g/mol. The molecule has 0 aliphatic rings. The third kappa shape index (κ3) is 5.69. The molecule has 0 saturated heterocycles. The highest BCUT2D eigenvalue weighted by atomic mass is 16.5. The van der Waals surface area contributed by atoms with E-state index in [1.54, 1.807) is 37.3 Å². The number of carbonyl (C=O) groups is 2. The van der Waals surface area contributed by atoms with E-state index < -0.39 is 0 Å². The van der Waals surface area contributed by atoms with E-state index >= 15 is 0 Å². The van der Waals surface area contributed by atoms with Crippen LogP contribution in [0.2, 0.25) is 0 Å². The Morgan fingerprint density at radius 3 is 2.31 bits per heavy atom. The van der Waals surface area contributed by atoms with Gasteiger partial charge in [-0.3, -0.25) is 9.59 Å². The predicted octanol–water partition coefficient (Wildman–Crippen LogP) is 5.17. The van der Waals surface area contributed by atoms with Gasteiger partial charge in [0.05, 0.1) is 0 Å². The molecule has 0 aliphatic heterocycles. The van der Waals surface area contributed by atoms with Crippen molar-refractivity contribution in [3.63, 3.8) is 0 Å². The van der Waals surface area contributed by atoms with Crippen molar-refractivity contribution in [2.24, 2.45) is 0 Å². The fraction of sp³-hybridized carbons (Fsp3) is 0.167. The summed E-state index contributed by atoms with van der Waals surface area (Å²) >= 11 is 0. The molecule has 3 rings (SSSR count). The lowest BCUT2D eigenvalue weighted by Crippen LogP contribution is -2.14. The number of hydrogen-bond donors (Lipinski definition) is 2. The number of aryl methyl sites for hydroxylation is 1. The normalized spacial score (nSPS) is 10.3. The standard InChI is InChI=1S/C24H24N2O3/c1-3-23(27)26-22-15-20(12-9-17(22)2)25-24(28)19-10-13-21(14-11-19)29-16-18-7-5-4-6-8-18/h4-15H,3,16H2,1-2H3,(H,25,28)(H,26,27). The molecule has 0 bridgehead atoms. The van der Waals surface area contributed by atoms with Crippen LogP contribution < -0.4 is 15.4 Å². The molecule has 0 aliphatic carbocycles. The molecule has 0 unspecified atom stereocenters. The molecule has 0 atom stereocenters. The molecule has 2 N–H and O–H groups in total. The lowest BCUT2D eigenvalue weighted by molar-refractivity contribution is -0.115. The summed E-state index contributed by atoms with van der Waals surface area (Å²) in [6, 6.07) is 22.3. The zero-order valence-electron chi connectivity index (χ0n) is 16.6. The van der Waals surface area contributed by atoms with E-state index in [1.807, 2.05) is 49.4 Å². The molecule has 2 amide bonds. The Morgan fingerprint density at radius 1 is 0.897 bits per heavy atom. The van der Waals surface area contributed by atoms with E-state index in [-0.39, 0.29) is 11.8 Å². The van der Waals surface area contributed by atoms with Gasteiger partial charge in [0.15, 0.2) is 0 Å². The van der Waals surface area contributed by atoms with Crippen LogP contribution in [0.4, 0.5) is 11.4 Å². The molecule has 148 valence electrons. The molecule has 0 aromatic heterocycles. The Balaban J connectivity index is 1.62. The van der Waals surface area contributed by atoms with Crippen molar-refractivity contribution in [3.8, 4) is 5.75 Å². The first kappa shape index (κ1) is 20.1. The molecule has 3 aromatic carbocycles. The van der Waals surface area contributed by atoms with Gasteiger partial charge in [-0.05, 0) is 54.4 Å². The molecular formula is C24H24N2O3. The van der Waals surface area contributed by atoms with Crippen LogP contribution in [0.25, 0.3) is 0 Å². The number of hydrogen-bond acceptors (Lipinski definition) is 3. The minimum absolute atomic E-state index is 0.0670. The minimum Gasteiger partial charge on any atom is -0.489 e. The second-order valence-electron chi connectivity index (χ2n) is 6.68. The summed E-state index contributed by atoms with van der Waals surface area (Å²) in [5, 5.41) is 5.70. The van der Waals surface area contributed by atoms with Crippen molar-refractivity contribution in [1.29, 1.82) is 0 Å². The van der Waals surface area contributed by atoms with E-state index in [1.165, 1.54) is 0 Å². The monoisotopic (exact) mass is 388 g/mol. The van der Waals surface area contributed by atoms with Crippen LogP contribution in [0.3, 0.4) is 0 Å². The van der Waals surface area contributed by atoms with Gasteiger partial charge in [0.25, 0.3) is 5.91 Å². The van der Waals surface area contributed by atoms with Crippen molar-refractivity contribution < 1.29 is 14.3 Å². The average molecular weight is 388 g/mol. The van der Waals surface area contributed by atoms with Gasteiger partial charge in [-0.15, -0.1) is 0 Å². The van der Waals surface area contributed by atoms with E-state index in [2.05, 4.69) is 10.6 Å². The highest BCUT2D eigenvalue weighted by Gasteiger charge is 2.09. The molecule has 0 spiro atoms. The number of carbonyl (C=O) groups excluding carboxylic acids is 2. The van der Waals surface area contributed by atoms with Crippen LogP contribution in [0, 0.1) is 6.92 Å². The number of benzene rings is 3. The molecule has 0 radical (unpaired) electrons. The third-order valence-electron chi connectivity index (χ3n) is 4.46. The van der Waals surface area contributed by atoms with Gasteiger partial charge in [-0.2, -0.15) is 0 Å². The maximum atomic E-state index is 12.5. The summed E-state index contributed by atoms with van der Waals surface area (Å²) in [5.41, 5.74) is 3.86. The van der Waals surface area contributed by atoms with Crippen LogP contribution >= 0.6 is 0 Å². The van der Waals surface area contributed by atoms with Gasteiger partial charge >= 0.3 is 0 Å². The number of ether oxygens (including phenoxy) is 1. The first-order chi connectivity index (χ1) is 14.0. The van der Waals surface area contributed by atoms with Crippen LogP contribution in [-0.2, 0) is 11.4 Å². The largest absolute Gasteiger partial charge is 0.489 e. The van der Waals surface area contributed by atoms with Crippen molar-refractivity contribution in [1.82, 2.24) is 0 Å².